The first-order chi connectivity index (χ1) is 13.5. The summed E-state index contributed by atoms with van der Waals surface area (Å²) in [5, 5.41) is 0.0815. The number of carbonyl (C=O) groups is 2. The number of ether oxygens (including phenoxy) is 2. The highest BCUT2D eigenvalue weighted by molar-refractivity contribution is 8.15. The average Bonchev–Trinajstić information content (AvgIpc) is 2.95. The quantitative estimate of drug-likeness (QED) is 0.606. The summed E-state index contributed by atoms with van der Waals surface area (Å²) in [6.07, 6.45) is 0.469. The monoisotopic (exact) mass is 419 g/mol. The molecular formula is C21H22ClNO4S. The van der Waals surface area contributed by atoms with E-state index in [1.54, 1.807) is 6.92 Å². The summed E-state index contributed by atoms with van der Waals surface area (Å²) in [7, 11) is 0. The van der Waals surface area contributed by atoms with E-state index < -0.39 is 5.25 Å². The van der Waals surface area contributed by atoms with Gasteiger partial charge in [-0.15, -0.1) is 0 Å². The summed E-state index contributed by atoms with van der Waals surface area (Å²) in [4.78, 5) is 25.5. The van der Waals surface area contributed by atoms with Crippen molar-refractivity contribution >= 4 is 34.5 Å². The van der Waals surface area contributed by atoms with Gasteiger partial charge in [0.2, 0.25) is 5.91 Å². The third kappa shape index (κ3) is 4.62. The molecule has 2 aromatic carbocycles. The van der Waals surface area contributed by atoms with Gasteiger partial charge in [-0.05, 0) is 44.0 Å². The van der Waals surface area contributed by atoms with E-state index in [-0.39, 0.29) is 11.1 Å². The minimum atomic E-state index is -0.392. The molecule has 28 heavy (non-hydrogen) atoms. The number of nitrogens with zero attached hydrogens (tertiary/aromatic N) is 1. The Morgan fingerprint density at radius 2 is 1.86 bits per heavy atom. The van der Waals surface area contributed by atoms with E-state index in [2.05, 4.69) is 0 Å². The van der Waals surface area contributed by atoms with Crippen molar-refractivity contribution in [3.63, 3.8) is 0 Å². The second-order valence-corrected chi connectivity index (χ2v) is 7.81. The third-order valence-electron chi connectivity index (χ3n) is 4.39. The molecule has 1 saturated heterocycles. The molecule has 0 radical (unpaired) electrons. The highest BCUT2D eigenvalue weighted by Gasteiger charge is 2.38. The molecule has 0 aliphatic carbocycles. The number of halogens is 1. The highest BCUT2D eigenvalue weighted by Crippen LogP contribution is 2.33. The Labute approximate surface area is 174 Å². The van der Waals surface area contributed by atoms with Gasteiger partial charge in [-0.25, -0.2) is 0 Å². The van der Waals surface area contributed by atoms with Gasteiger partial charge < -0.3 is 9.47 Å². The molecule has 1 aliphatic heterocycles. The van der Waals surface area contributed by atoms with Crippen LogP contribution in [0.1, 0.15) is 25.0 Å². The molecule has 0 unspecified atom stereocenters. The van der Waals surface area contributed by atoms with Crippen molar-refractivity contribution in [2.24, 2.45) is 0 Å². The second kappa shape index (κ2) is 9.34. The normalized spacial score (nSPS) is 16.5. The molecule has 0 N–H and O–H groups in total. The number of hydrogen-bond donors (Lipinski definition) is 0. The largest absolute Gasteiger partial charge is 0.490 e. The maximum absolute atomic E-state index is 12.3. The molecule has 0 aromatic heterocycles. The Hall–Kier alpha value is -2.18. The fraction of sp³-hybridized carbons (Fsp3) is 0.333. The highest BCUT2D eigenvalue weighted by atomic mass is 35.5. The van der Waals surface area contributed by atoms with E-state index in [1.807, 2.05) is 49.4 Å². The third-order valence-corrected chi connectivity index (χ3v) is 5.83. The second-order valence-electron chi connectivity index (χ2n) is 6.25. The van der Waals surface area contributed by atoms with Crippen LogP contribution in [0.15, 0.2) is 42.5 Å². The molecule has 0 spiro atoms. The van der Waals surface area contributed by atoms with Crippen LogP contribution in [0.4, 0.5) is 4.79 Å². The van der Waals surface area contributed by atoms with E-state index in [9.17, 15) is 9.59 Å². The smallest absolute Gasteiger partial charge is 0.289 e. The molecule has 5 nitrogen and oxygen atoms in total. The number of hydrogen-bond acceptors (Lipinski definition) is 5. The van der Waals surface area contributed by atoms with Crippen molar-refractivity contribution < 1.29 is 19.1 Å². The van der Waals surface area contributed by atoms with Crippen LogP contribution in [0.2, 0.25) is 5.02 Å². The summed E-state index contributed by atoms with van der Waals surface area (Å²) in [5.41, 5.74) is 1.81. The van der Waals surface area contributed by atoms with Crippen LogP contribution >= 0.6 is 23.4 Å². The topological polar surface area (TPSA) is 55.8 Å². The summed E-state index contributed by atoms with van der Waals surface area (Å²) in [6, 6.07) is 13.1. The van der Waals surface area contributed by atoms with Crippen LogP contribution in [-0.2, 0) is 17.8 Å². The lowest BCUT2D eigenvalue weighted by Crippen LogP contribution is -2.31. The van der Waals surface area contributed by atoms with Crippen LogP contribution in [0, 0.1) is 0 Å². The number of amides is 2. The summed E-state index contributed by atoms with van der Waals surface area (Å²) >= 11 is 7.27. The van der Waals surface area contributed by atoms with Gasteiger partial charge in [0, 0.05) is 17.1 Å². The lowest BCUT2D eigenvalue weighted by molar-refractivity contribution is -0.126. The number of thioether (sulfide) groups is 1. The molecule has 0 bridgehead atoms. The first kappa shape index (κ1) is 20.6. The summed E-state index contributed by atoms with van der Waals surface area (Å²) in [6.45, 7) is 4.93. The molecule has 1 atom stereocenters. The minimum Gasteiger partial charge on any atom is -0.490 e. The van der Waals surface area contributed by atoms with Crippen molar-refractivity contribution in [1.29, 1.82) is 0 Å². The zero-order chi connectivity index (χ0) is 20.1. The van der Waals surface area contributed by atoms with Crippen molar-refractivity contribution in [1.82, 2.24) is 4.90 Å². The van der Waals surface area contributed by atoms with E-state index in [4.69, 9.17) is 21.1 Å². The van der Waals surface area contributed by atoms with E-state index in [0.29, 0.717) is 42.7 Å². The van der Waals surface area contributed by atoms with Crippen LogP contribution in [0.25, 0.3) is 0 Å². The van der Waals surface area contributed by atoms with Gasteiger partial charge in [0.25, 0.3) is 5.24 Å². The van der Waals surface area contributed by atoms with Crippen LogP contribution in [0.3, 0.4) is 0 Å². The molecule has 2 amide bonds. The van der Waals surface area contributed by atoms with Gasteiger partial charge in [0.05, 0.1) is 11.9 Å². The summed E-state index contributed by atoms with van der Waals surface area (Å²) < 4.78 is 11.6. The Kier molecular flexibility index (Phi) is 6.86. The predicted molar refractivity (Wildman–Crippen MR) is 111 cm³/mol. The van der Waals surface area contributed by atoms with Gasteiger partial charge >= 0.3 is 0 Å². The Balaban J connectivity index is 1.73. The number of carbonyl (C=O) groups excluding carboxylic acids is 2. The number of rotatable bonds is 8. The molecular weight excluding hydrogens is 398 g/mol. The van der Waals surface area contributed by atoms with Gasteiger partial charge in [-0.1, -0.05) is 47.6 Å². The maximum atomic E-state index is 12.3. The fourth-order valence-corrected chi connectivity index (χ4v) is 4.25. The molecule has 1 aliphatic rings. The van der Waals surface area contributed by atoms with E-state index in [1.165, 1.54) is 4.90 Å². The van der Waals surface area contributed by atoms with E-state index in [0.717, 1.165) is 22.9 Å². The SMILES string of the molecule is CCOc1cc(C[C@@H]2SC(=O)N(CC)C2=O)ccc1OCc1ccccc1Cl. The lowest BCUT2D eigenvalue weighted by atomic mass is 10.1. The molecule has 3 rings (SSSR count). The predicted octanol–water partition coefficient (Wildman–Crippen LogP) is 4.94. The van der Waals surface area contributed by atoms with Crippen molar-refractivity contribution in [2.45, 2.75) is 32.1 Å². The fourth-order valence-electron chi connectivity index (χ4n) is 2.97. The lowest BCUT2D eigenvalue weighted by Gasteiger charge is -2.15. The number of imide groups is 1. The van der Waals surface area contributed by atoms with Crippen LogP contribution < -0.4 is 9.47 Å². The maximum Gasteiger partial charge on any atom is 0.289 e. The van der Waals surface area contributed by atoms with Crippen molar-refractivity contribution in [3.8, 4) is 11.5 Å². The standard InChI is InChI=1S/C21H22ClNO4S/c1-3-23-20(24)19(28-21(23)25)12-14-9-10-17(18(11-14)26-4-2)27-13-15-7-5-6-8-16(15)22/h5-11,19H,3-4,12-13H2,1-2H3/t19-/m0/s1. The average molecular weight is 420 g/mol. The molecule has 0 saturated carbocycles. The van der Waals surface area contributed by atoms with Crippen LogP contribution in [-0.4, -0.2) is 34.4 Å². The molecule has 7 heteroatoms. The molecule has 2 aromatic rings. The zero-order valence-electron chi connectivity index (χ0n) is 15.8. The van der Waals surface area contributed by atoms with Gasteiger partial charge in [-0.2, -0.15) is 0 Å². The Morgan fingerprint density at radius 3 is 2.54 bits per heavy atom. The van der Waals surface area contributed by atoms with Crippen molar-refractivity contribution in [2.75, 3.05) is 13.2 Å². The number of benzene rings is 2. The first-order valence-electron chi connectivity index (χ1n) is 9.17. The molecule has 148 valence electrons. The van der Waals surface area contributed by atoms with Crippen LogP contribution in [0.5, 0.6) is 11.5 Å². The first-order valence-corrected chi connectivity index (χ1v) is 10.4. The van der Waals surface area contributed by atoms with Gasteiger partial charge in [0.1, 0.15) is 6.61 Å². The van der Waals surface area contributed by atoms with Gasteiger partial charge in [0.15, 0.2) is 11.5 Å². The zero-order valence-corrected chi connectivity index (χ0v) is 17.4. The van der Waals surface area contributed by atoms with E-state index >= 15 is 0 Å². The Bertz CT molecular complexity index is 873. The Morgan fingerprint density at radius 1 is 1.07 bits per heavy atom. The molecule has 1 heterocycles. The molecule has 1 fully saturated rings. The minimum absolute atomic E-state index is 0.130. The van der Waals surface area contributed by atoms with Gasteiger partial charge in [-0.3, -0.25) is 14.5 Å². The summed E-state index contributed by atoms with van der Waals surface area (Å²) in [5.74, 6) is 1.10. The van der Waals surface area contributed by atoms with Crippen molar-refractivity contribution in [3.05, 3.63) is 58.6 Å².